The summed E-state index contributed by atoms with van der Waals surface area (Å²) in [5.74, 6) is 1.78. The standard InChI is InChI=1S/C16H14O2/c1-17-15-9-8-12-6-7-13-4-2-3-5-16(13)18-11-14(12)10-15/h2-10H,11H2,1H3/b7-6-. The molecule has 2 nitrogen and oxygen atoms in total. The van der Waals surface area contributed by atoms with Gasteiger partial charge in [0.1, 0.15) is 18.1 Å². The van der Waals surface area contributed by atoms with Crippen LogP contribution in [0.5, 0.6) is 11.5 Å². The topological polar surface area (TPSA) is 18.5 Å². The fraction of sp³-hybridized carbons (Fsp3) is 0.125. The Labute approximate surface area is 106 Å². The fourth-order valence-electron chi connectivity index (χ4n) is 2.08. The Bertz CT molecular complexity index is 600. The van der Waals surface area contributed by atoms with Gasteiger partial charge in [0.05, 0.1) is 7.11 Å². The minimum absolute atomic E-state index is 0.563. The fourth-order valence-corrected chi connectivity index (χ4v) is 2.08. The highest BCUT2D eigenvalue weighted by Crippen LogP contribution is 2.27. The number of hydrogen-bond donors (Lipinski definition) is 0. The Morgan fingerprint density at radius 3 is 2.72 bits per heavy atom. The van der Waals surface area contributed by atoms with Crippen LogP contribution in [0.3, 0.4) is 0 Å². The van der Waals surface area contributed by atoms with Crippen molar-refractivity contribution in [2.24, 2.45) is 0 Å². The first-order valence-electron chi connectivity index (χ1n) is 5.93. The molecule has 0 unspecified atom stereocenters. The van der Waals surface area contributed by atoms with Crippen LogP contribution in [0, 0.1) is 0 Å². The molecule has 18 heavy (non-hydrogen) atoms. The zero-order valence-corrected chi connectivity index (χ0v) is 10.2. The van der Waals surface area contributed by atoms with Crippen molar-refractivity contribution in [2.45, 2.75) is 6.61 Å². The van der Waals surface area contributed by atoms with Gasteiger partial charge in [-0.1, -0.05) is 36.4 Å². The normalized spacial score (nSPS) is 14.5. The highest BCUT2D eigenvalue weighted by molar-refractivity contribution is 5.74. The van der Waals surface area contributed by atoms with E-state index in [9.17, 15) is 0 Å². The first-order chi connectivity index (χ1) is 8.86. The predicted octanol–water partition coefficient (Wildman–Crippen LogP) is 3.76. The van der Waals surface area contributed by atoms with Crippen LogP contribution < -0.4 is 9.47 Å². The molecule has 90 valence electrons. The Kier molecular flexibility index (Phi) is 2.77. The zero-order chi connectivity index (χ0) is 12.4. The van der Waals surface area contributed by atoms with E-state index in [0.29, 0.717) is 6.61 Å². The second-order valence-electron chi connectivity index (χ2n) is 4.22. The molecule has 1 aliphatic heterocycles. The highest BCUT2D eigenvalue weighted by Gasteiger charge is 2.08. The molecule has 0 atom stereocenters. The third kappa shape index (κ3) is 1.97. The smallest absolute Gasteiger partial charge is 0.127 e. The molecule has 2 heteroatoms. The van der Waals surface area contributed by atoms with Crippen molar-refractivity contribution in [2.75, 3.05) is 7.11 Å². The van der Waals surface area contributed by atoms with Gasteiger partial charge in [-0.2, -0.15) is 0 Å². The zero-order valence-electron chi connectivity index (χ0n) is 10.2. The molecule has 2 aromatic rings. The molecule has 0 saturated carbocycles. The van der Waals surface area contributed by atoms with E-state index in [1.807, 2.05) is 30.3 Å². The van der Waals surface area contributed by atoms with Crippen LogP contribution in [0.4, 0.5) is 0 Å². The summed E-state index contributed by atoms with van der Waals surface area (Å²) in [5, 5.41) is 0. The minimum atomic E-state index is 0.563. The van der Waals surface area contributed by atoms with Crippen LogP contribution in [0.25, 0.3) is 12.2 Å². The van der Waals surface area contributed by atoms with E-state index in [4.69, 9.17) is 9.47 Å². The van der Waals surface area contributed by atoms with Gasteiger partial charge in [-0.15, -0.1) is 0 Å². The minimum Gasteiger partial charge on any atom is -0.497 e. The second-order valence-corrected chi connectivity index (χ2v) is 4.22. The van der Waals surface area contributed by atoms with Gasteiger partial charge in [0.25, 0.3) is 0 Å². The summed E-state index contributed by atoms with van der Waals surface area (Å²) in [6.07, 6.45) is 4.20. The average molecular weight is 238 g/mol. The maximum atomic E-state index is 5.85. The molecule has 0 amide bonds. The molecule has 1 aliphatic rings. The summed E-state index contributed by atoms with van der Waals surface area (Å²) in [6.45, 7) is 0.563. The predicted molar refractivity (Wildman–Crippen MR) is 72.7 cm³/mol. The number of para-hydroxylation sites is 1. The Morgan fingerprint density at radius 2 is 1.83 bits per heavy atom. The van der Waals surface area contributed by atoms with Gasteiger partial charge in [0, 0.05) is 11.1 Å². The van der Waals surface area contributed by atoms with Crippen molar-refractivity contribution in [1.29, 1.82) is 0 Å². The third-order valence-electron chi connectivity index (χ3n) is 3.09. The highest BCUT2D eigenvalue weighted by atomic mass is 16.5. The number of methoxy groups -OCH3 is 1. The Morgan fingerprint density at radius 1 is 1.00 bits per heavy atom. The number of ether oxygens (including phenoxy) is 2. The summed E-state index contributed by atoms with van der Waals surface area (Å²) in [5.41, 5.74) is 3.42. The van der Waals surface area contributed by atoms with Gasteiger partial charge < -0.3 is 9.47 Å². The lowest BCUT2D eigenvalue weighted by Gasteiger charge is -2.15. The molecule has 0 bridgehead atoms. The van der Waals surface area contributed by atoms with Crippen molar-refractivity contribution >= 4 is 12.2 Å². The maximum Gasteiger partial charge on any atom is 0.127 e. The summed E-state index contributed by atoms with van der Waals surface area (Å²) in [7, 11) is 1.68. The molecule has 0 radical (unpaired) electrons. The summed E-state index contributed by atoms with van der Waals surface area (Å²) in [6, 6.07) is 14.1. The monoisotopic (exact) mass is 238 g/mol. The van der Waals surface area contributed by atoms with E-state index in [2.05, 4.69) is 24.3 Å². The van der Waals surface area contributed by atoms with E-state index >= 15 is 0 Å². The first kappa shape index (κ1) is 10.9. The summed E-state index contributed by atoms with van der Waals surface area (Å²) < 4.78 is 11.1. The first-order valence-corrected chi connectivity index (χ1v) is 5.93. The molecular formula is C16H14O2. The summed E-state index contributed by atoms with van der Waals surface area (Å²) in [4.78, 5) is 0. The quantitative estimate of drug-likeness (QED) is 0.753. The van der Waals surface area contributed by atoms with Crippen LogP contribution >= 0.6 is 0 Å². The molecular weight excluding hydrogens is 224 g/mol. The van der Waals surface area contributed by atoms with Crippen molar-refractivity contribution in [1.82, 2.24) is 0 Å². The van der Waals surface area contributed by atoms with Crippen LogP contribution in [0.15, 0.2) is 42.5 Å². The lowest BCUT2D eigenvalue weighted by Crippen LogP contribution is -2.01. The molecule has 0 spiro atoms. The van der Waals surface area contributed by atoms with Gasteiger partial charge in [-0.25, -0.2) is 0 Å². The molecule has 0 aliphatic carbocycles. The van der Waals surface area contributed by atoms with E-state index in [-0.39, 0.29) is 0 Å². The largest absolute Gasteiger partial charge is 0.497 e. The van der Waals surface area contributed by atoms with Crippen molar-refractivity contribution in [3.63, 3.8) is 0 Å². The van der Waals surface area contributed by atoms with Crippen LogP contribution in [0.1, 0.15) is 16.7 Å². The van der Waals surface area contributed by atoms with E-state index in [0.717, 1.165) is 22.6 Å². The van der Waals surface area contributed by atoms with Crippen LogP contribution in [-0.4, -0.2) is 7.11 Å². The van der Waals surface area contributed by atoms with E-state index in [1.165, 1.54) is 5.56 Å². The molecule has 0 saturated heterocycles. The summed E-state index contributed by atoms with van der Waals surface area (Å²) >= 11 is 0. The maximum absolute atomic E-state index is 5.85. The molecule has 0 N–H and O–H groups in total. The molecule has 1 heterocycles. The Hall–Kier alpha value is -2.22. The number of rotatable bonds is 1. The molecule has 0 fully saturated rings. The lowest BCUT2D eigenvalue weighted by molar-refractivity contribution is 0.304. The Balaban J connectivity index is 2.05. The van der Waals surface area contributed by atoms with E-state index < -0.39 is 0 Å². The SMILES string of the molecule is COc1ccc2c(c1)COc1ccccc1/C=C\2. The van der Waals surface area contributed by atoms with Gasteiger partial charge in [-0.3, -0.25) is 0 Å². The molecule has 3 rings (SSSR count). The van der Waals surface area contributed by atoms with Crippen LogP contribution in [-0.2, 0) is 6.61 Å². The van der Waals surface area contributed by atoms with Crippen molar-refractivity contribution < 1.29 is 9.47 Å². The molecule has 0 aromatic heterocycles. The van der Waals surface area contributed by atoms with E-state index in [1.54, 1.807) is 7.11 Å². The third-order valence-corrected chi connectivity index (χ3v) is 3.09. The van der Waals surface area contributed by atoms with Gasteiger partial charge in [0.15, 0.2) is 0 Å². The molecule has 2 aromatic carbocycles. The van der Waals surface area contributed by atoms with Crippen molar-refractivity contribution in [3.05, 3.63) is 59.2 Å². The average Bonchev–Trinajstić information content (AvgIpc) is 2.41. The van der Waals surface area contributed by atoms with Gasteiger partial charge in [-0.05, 0) is 23.8 Å². The number of fused-ring (bicyclic) bond motifs is 2. The number of benzene rings is 2. The lowest BCUT2D eigenvalue weighted by atomic mass is 10.0. The van der Waals surface area contributed by atoms with Crippen molar-refractivity contribution in [3.8, 4) is 11.5 Å². The van der Waals surface area contributed by atoms with Gasteiger partial charge in [0.2, 0.25) is 0 Å². The number of hydrogen-bond acceptors (Lipinski definition) is 2. The van der Waals surface area contributed by atoms with Gasteiger partial charge >= 0.3 is 0 Å². The second kappa shape index (κ2) is 4.57. The van der Waals surface area contributed by atoms with Crippen LogP contribution in [0.2, 0.25) is 0 Å².